The quantitative estimate of drug-likeness (QED) is 0.353. The van der Waals surface area contributed by atoms with Gasteiger partial charge < -0.3 is 19.7 Å². The second kappa shape index (κ2) is 9.72. The van der Waals surface area contributed by atoms with Gasteiger partial charge in [-0.05, 0) is 12.1 Å². The first-order chi connectivity index (χ1) is 15.7. The number of nitrogens with one attached hydrogen (secondary N) is 1. The highest BCUT2D eigenvalue weighted by Gasteiger charge is 2.36. The van der Waals surface area contributed by atoms with Crippen molar-refractivity contribution in [1.82, 2.24) is 0 Å². The van der Waals surface area contributed by atoms with E-state index in [4.69, 9.17) is 9.47 Å². The Bertz CT molecular complexity index is 1130. The van der Waals surface area contributed by atoms with E-state index in [9.17, 15) is 34.6 Å². The van der Waals surface area contributed by atoms with Crippen LogP contribution in [-0.2, 0) is 19.1 Å². The van der Waals surface area contributed by atoms with Crippen LogP contribution in [-0.4, -0.2) is 47.9 Å². The molecule has 172 valence electrons. The number of non-ortho nitro benzene ring substituents is 1. The number of esters is 1. The second-order valence-corrected chi connectivity index (χ2v) is 6.98. The number of rotatable bonds is 8. The van der Waals surface area contributed by atoms with Gasteiger partial charge in [0.2, 0.25) is 5.91 Å². The predicted molar refractivity (Wildman–Crippen MR) is 113 cm³/mol. The molecule has 1 aliphatic heterocycles. The number of hydrogen-bond donors (Lipinski definition) is 1. The van der Waals surface area contributed by atoms with Gasteiger partial charge in [-0.15, -0.1) is 0 Å². The van der Waals surface area contributed by atoms with E-state index in [1.165, 1.54) is 48.4 Å². The molecule has 2 aromatic carbocycles. The minimum atomic E-state index is -0.879. The minimum absolute atomic E-state index is 0.0676. The summed E-state index contributed by atoms with van der Waals surface area (Å²) in [5, 5.41) is 24.4. The summed E-state index contributed by atoms with van der Waals surface area (Å²) in [6.07, 6.45) is -0.190. The zero-order valence-corrected chi connectivity index (χ0v) is 17.3. The van der Waals surface area contributed by atoms with Crippen LogP contribution in [0, 0.1) is 26.1 Å². The molecule has 1 heterocycles. The number of amides is 2. The zero-order chi connectivity index (χ0) is 24.1. The summed E-state index contributed by atoms with van der Waals surface area (Å²) < 4.78 is 9.95. The van der Waals surface area contributed by atoms with Crippen molar-refractivity contribution in [3.8, 4) is 5.75 Å². The van der Waals surface area contributed by atoms with Crippen LogP contribution in [0.1, 0.15) is 6.42 Å². The molecule has 2 aromatic rings. The molecular weight excluding hydrogens is 440 g/mol. The van der Waals surface area contributed by atoms with Gasteiger partial charge in [0.15, 0.2) is 6.61 Å². The van der Waals surface area contributed by atoms with Crippen LogP contribution in [0.4, 0.5) is 22.7 Å². The van der Waals surface area contributed by atoms with Gasteiger partial charge in [-0.25, -0.2) is 0 Å². The average molecular weight is 458 g/mol. The van der Waals surface area contributed by atoms with Crippen LogP contribution >= 0.6 is 0 Å². The Hall–Kier alpha value is -4.55. The smallest absolute Gasteiger partial charge is 0.311 e. The van der Waals surface area contributed by atoms with E-state index >= 15 is 0 Å². The van der Waals surface area contributed by atoms with Gasteiger partial charge in [0.05, 0.1) is 28.6 Å². The molecule has 13 nitrogen and oxygen atoms in total. The largest absolute Gasteiger partial charge is 0.497 e. The number of hydrogen-bond acceptors (Lipinski definition) is 9. The number of anilines is 2. The Kier molecular flexibility index (Phi) is 6.81. The van der Waals surface area contributed by atoms with Gasteiger partial charge in [-0.2, -0.15) is 0 Å². The van der Waals surface area contributed by atoms with Crippen molar-refractivity contribution in [3.63, 3.8) is 0 Å². The van der Waals surface area contributed by atoms with E-state index in [1.807, 2.05) is 0 Å². The summed E-state index contributed by atoms with van der Waals surface area (Å²) in [5.41, 5.74) is -0.431. The van der Waals surface area contributed by atoms with Crippen LogP contribution in [0.2, 0.25) is 0 Å². The molecule has 1 N–H and O–H groups in total. The van der Waals surface area contributed by atoms with Gasteiger partial charge in [0, 0.05) is 37.2 Å². The van der Waals surface area contributed by atoms with Crippen LogP contribution in [0.3, 0.4) is 0 Å². The van der Waals surface area contributed by atoms with Gasteiger partial charge in [-0.3, -0.25) is 34.6 Å². The number of nitrogens with zero attached hydrogens (tertiary/aromatic N) is 3. The SMILES string of the molecule is COc1ccc([N+](=O)[O-])c(NC(=O)COC(=O)[C@H]2CC(=O)N(c3cccc([N+](=O)[O-])c3)C2)c1. The summed E-state index contributed by atoms with van der Waals surface area (Å²) in [4.78, 5) is 58.9. The lowest BCUT2D eigenvalue weighted by Crippen LogP contribution is -2.28. The predicted octanol–water partition coefficient (Wildman–Crippen LogP) is 2.05. The van der Waals surface area contributed by atoms with Crippen LogP contribution < -0.4 is 15.0 Å². The number of benzene rings is 2. The normalized spacial score (nSPS) is 15.1. The van der Waals surface area contributed by atoms with E-state index < -0.39 is 40.2 Å². The highest BCUT2D eigenvalue weighted by Crippen LogP contribution is 2.30. The molecule has 3 rings (SSSR count). The Labute approximate surface area is 186 Å². The third kappa shape index (κ3) is 5.39. The number of nitro benzene ring substituents is 2. The fourth-order valence-electron chi connectivity index (χ4n) is 3.23. The van der Waals surface area contributed by atoms with Gasteiger partial charge in [0.1, 0.15) is 11.4 Å². The molecule has 1 saturated heterocycles. The van der Waals surface area contributed by atoms with Crippen LogP contribution in [0.5, 0.6) is 5.75 Å². The number of methoxy groups -OCH3 is 1. The van der Waals surface area contributed by atoms with Crippen molar-refractivity contribution in [2.75, 3.05) is 30.5 Å². The second-order valence-electron chi connectivity index (χ2n) is 6.98. The lowest BCUT2D eigenvalue weighted by molar-refractivity contribution is -0.384. The molecule has 1 atom stereocenters. The topological polar surface area (TPSA) is 171 Å². The highest BCUT2D eigenvalue weighted by molar-refractivity contribution is 6.00. The van der Waals surface area contributed by atoms with Crippen molar-refractivity contribution in [3.05, 3.63) is 62.7 Å². The first-order valence-electron chi connectivity index (χ1n) is 9.53. The average Bonchev–Trinajstić information content (AvgIpc) is 3.19. The molecule has 0 aromatic heterocycles. The molecule has 13 heteroatoms. The molecule has 0 saturated carbocycles. The number of carbonyl (C=O) groups is 3. The van der Waals surface area contributed by atoms with Crippen molar-refractivity contribution < 1.29 is 33.7 Å². The maximum atomic E-state index is 12.4. The summed E-state index contributed by atoms with van der Waals surface area (Å²) in [5.74, 6) is -2.66. The summed E-state index contributed by atoms with van der Waals surface area (Å²) in [6, 6.07) is 9.21. The van der Waals surface area contributed by atoms with E-state index in [0.29, 0.717) is 0 Å². The first-order valence-corrected chi connectivity index (χ1v) is 9.53. The van der Waals surface area contributed by atoms with Crippen molar-refractivity contribution >= 4 is 40.5 Å². The Morgan fingerprint density at radius 3 is 2.58 bits per heavy atom. The van der Waals surface area contributed by atoms with E-state index in [2.05, 4.69) is 5.32 Å². The maximum Gasteiger partial charge on any atom is 0.311 e. The lowest BCUT2D eigenvalue weighted by atomic mass is 10.1. The number of nitro groups is 2. The molecule has 1 fully saturated rings. The third-order valence-electron chi connectivity index (χ3n) is 4.83. The molecule has 0 unspecified atom stereocenters. The van der Waals surface area contributed by atoms with Gasteiger partial charge in [0.25, 0.3) is 17.3 Å². The molecule has 0 aliphatic carbocycles. The fraction of sp³-hybridized carbons (Fsp3) is 0.250. The molecular formula is C20H18N4O9. The van der Waals surface area contributed by atoms with Crippen molar-refractivity contribution in [1.29, 1.82) is 0 Å². The fourth-order valence-corrected chi connectivity index (χ4v) is 3.23. The highest BCUT2D eigenvalue weighted by atomic mass is 16.6. The summed E-state index contributed by atoms with van der Waals surface area (Å²) in [6.45, 7) is -0.795. The third-order valence-corrected chi connectivity index (χ3v) is 4.83. The molecule has 0 spiro atoms. The molecule has 2 amide bonds. The minimum Gasteiger partial charge on any atom is -0.497 e. The Morgan fingerprint density at radius 1 is 1.15 bits per heavy atom. The maximum absolute atomic E-state index is 12.4. The van der Waals surface area contributed by atoms with Gasteiger partial charge >= 0.3 is 5.97 Å². The summed E-state index contributed by atoms with van der Waals surface area (Å²) >= 11 is 0. The van der Waals surface area contributed by atoms with Crippen molar-refractivity contribution in [2.45, 2.75) is 6.42 Å². The Morgan fingerprint density at radius 2 is 1.91 bits per heavy atom. The lowest BCUT2D eigenvalue weighted by Gasteiger charge is -2.16. The molecule has 0 bridgehead atoms. The molecule has 1 aliphatic rings. The van der Waals surface area contributed by atoms with E-state index in [1.54, 1.807) is 0 Å². The van der Waals surface area contributed by atoms with E-state index in [-0.39, 0.29) is 41.5 Å². The first kappa shape index (κ1) is 23.1. The molecule has 33 heavy (non-hydrogen) atoms. The number of ether oxygens (including phenoxy) is 2. The van der Waals surface area contributed by atoms with Crippen molar-refractivity contribution in [2.24, 2.45) is 5.92 Å². The standard InChI is InChI=1S/C20H18N4O9/c1-32-15-5-6-17(24(30)31)16(9-15)21-18(25)11-33-20(27)12-7-19(26)22(10-12)13-3-2-4-14(8-13)23(28)29/h2-6,8-9,12H,7,10-11H2,1H3,(H,21,25)/t12-/m0/s1. The van der Waals surface area contributed by atoms with Crippen LogP contribution in [0.15, 0.2) is 42.5 Å². The van der Waals surface area contributed by atoms with Gasteiger partial charge in [-0.1, -0.05) is 6.07 Å². The molecule has 0 radical (unpaired) electrons. The Balaban J connectivity index is 1.60. The summed E-state index contributed by atoms with van der Waals surface area (Å²) in [7, 11) is 1.36. The zero-order valence-electron chi connectivity index (χ0n) is 17.3. The monoisotopic (exact) mass is 458 g/mol. The van der Waals surface area contributed by atoms with E-state index in [0.717, 1.165) is 6.07 Å². The van der Waals surface area contributed by atoms with Crippen LogP contribution in [0.25, 0.3) is 0 Å². The number of carbonyl (C=O) groups excluding carboxylic acids is 3.